The van der Waals surface area contributed by atoms with Gasteiger partial charge in [-0.3, -0.25) is 4.79 Å². The molecule has 0 spiro atoms. The van der Waals surface area contributed by atoms with Crippen molar-refractivity contribution in [1.29, 1.82) is 0 Å². The number of nitrogens with zero attached hydrogens (tertiary/aromatic N) is 1. The number of carbonyl (C=O) groups is 1. The van der Waals surface area contributed by atoms with E-state index in [1.807, 2.05) is 0 Å². The molecule has 142 valence electrons. The highest BCUT2D eigenvalue weighted by Crippen LogP contribution is 2.52. The molecule has 2 N–H and O–H groups in total. The summed E-state index contributed by atoms with van der Waals surface area (Å²) in [6.07, 6.45) is 10.2. The van der Waals surface area contributed by atoms with E-state index in [1.165, 1.54) is 24.8 Å². The quantitative estimate of drug-likeness (QED) is 0.848. The molecule has 3 nitrogen and oxygen atoms in total. The molecule has 1 unspecified atom stereocenters. The van der Waals surface area contributed by atoms with Crippen LogP contribution in [0.2, 0.25) is 0 Å². The summed E-state index contributed by atoms with van der Waals surface area (Å²) in [5.74, 6) is 1.89. The Bertz CT molecular complexity index is 627. The number of rotatable bonds is 5. The van der Waals surface area contributed by atoms with Gasteiger partial charge < -0.3 is 10.6 Å². The first-order chi connectivity index (χ1) is 12.5. The maximum atomic E-state index is 12.8. The van der Waals surface area contributed by atoms with Gasteiger partial charge in [0, 0.05) is 13.1 Å². The molecule has 1 aliphatic heterocycles. The Morgan fingerprint density at radius 2 is 1.77 bits per heavy atom. The predicted octanol–water partition coefficient (Wildman–Crippen LogP) is 4.47. The zero-order valence-electron chi connectivity index (χ0n) is 16.3. The Morgan fingerprint density at radius 1 is 1.12 bits per heavy atom. The first-order valence-electron chi connectivity index (χ1n) is 10.6. The molecular formula is C23H34N2O. The van der Waals surface area contributed by atoms with Gasteiger partial charge in [-0.25, -0.2) is 0 Å². The first-order valence-corrected chi connectivity index (χ1v) is 10.6. The molecule has 2 aliphatic carbocycles. The lowest BCUT2D eigenvalue weighted by Crippen LogP contribution is -2.56. The second-order valence-electron chi connectivity index (χ2n) is 9.52. The molecule has 2 atom stereocenters. The van der Waals surface area contributed by atoms with Crippen LogP contribution in [0.5, 0.6) is 0 Å². The van der Waals surface area contributed by atoms with Crippen LogP contribution in [0.25, 0.3) is 0 Å². The number of benzene rings is 1. The molecular weight excluding hydrogens is 320 g/mol. The van der Waals surface area contributed by atoms with Crippen molar-refractivity contribution in [1.82, 2.24) is 4.90 Å². The number of hydrogen-bond acceptors (Lipinski definition) is 2. The van der Waals surface area contributed by atoms with Crippen molar-refractivity contribution in [2.45, 2.75) is 76.2 Å². The molecule has 0 bridgehead atoms. The normalized spacial score (nSPS) is 29.5. The van der Waals surface area contributed by atoms with Crippen LogP contribution in [0.3, 0.4) is 0 Å². The van der Waals surface area contributed by atoms with E-state index >= 15 is 0 Å². The summed E-state index contributed by atoms with van der Waals surface area (Å²) in [4.78, 5) is 14.9. The zero-order valence-corrected chi connectivity index (χ0v) is 16.3. The largest absolute Gasteiger partial charge is 0.341 e. The summed E-state index contributed by atoms with van der Waals surface area (Å²) in [6.45, 7) is 4.24. The van der Waals surface area contributed by atoms with Crippen LogP contribution in [0.1, 0.15) is 76.2 Å². The van der Waals surface area contributed by atoms with Crippen LogP contribution >= 0.6 is 0 Å². The molecule has 1 aromatic carbocycles. The van der Waals surface area contributed by atoms with Crippen molar-refractivity contribution in [2.24, 2.45) is 17.1 Å². The summed E-state index contributed by atoms with van der Waals surface area (Å²) >= 11 is 0. The van der Waals surface area contributed by atoms with Crippen LogP contribution in [0, 0.1) is 11.3 Å². The van der Waals surface area contributed by atoms with Gasteiger partial charge in [0.05, 0.1) is 5.54 Å². The standard InChI is InChI=1S/C23H34N2O/c1-22(12-9-19-17-20(19)18-7-3-2-4-8-18)13-15-25(16-14-22)21(26)23(24)10-5-6-11-23/h2-4,7-8,19-20H,5-6,9-17,24H2,1H3/t19-,20?/m1/s1. The second kappa shape index (κ2) is 6.99. The lowest BCUT2D eigenvalue weighted by molar-refractivity contribution is -0.139. The van der Waals surface area contributed by atoms with Crippen LogP contribution in [0.4, 0.5) is 0 Å². The van der Waals surface area contributed by atoms with E-state index in [2.05, 4.69) is 42.2 Å². The van der Waals surface area contributed by atoms with Crippen molar-refractivity contribution in [2.75, 3.05) is 13.1 Å². The van der Waals surface area contributed by atoms with Crippen LogP contribution in [-0.4, -0.2) is 29.4 Å². The highest BCUT2D eigenvalue weighted by Gasteiger charge is 2.43. The van der Waals surface area contributed by atoms with Gasteiger partial charge in [0.15, 0.2) is 0 Å². The number of carbonyl (C=O) groups excluding carboxylic acids is 1. The molecule has 0 radical (unpaired) electrons. The van der Waals surface area contributed by atoms with Gasteiger partial charge in [-0.2, -0.15) is 0 Å². The Morgan fingerprint density at radius 3 is 2.42 bits per heavy atom. The van der Waals surface area contributed by atoms with Crippen molar-refractivity contribution in [3.8, 4) is 0 Å². The Hall–Kier alpha value is -1.35. The highest BCUT2D eigenvalue weighted by molar-refractivity contribution is 5.86. The molecule has 1 saturated heterocycles. The van der Waals surface area contributed by atoms with Crippen molar-refractivity contribution < 1.29 is 4.79 Å². The average Bonchev–Trinajstić information content (AvgIpc) is 3.32. The van der Waals surface area contributed by atoms with Gasteiger partial charge in [0.1, 0.15) is 0 Å². The molecule has 3 heteroatoms. The molecule has 0 aromatic heterocycles. The third-order valence-electron chi connectivity index (χ3n) is 7.45. The number of hydrogen-bond donors (Lipinski definition) is 1. The van der Waals surface area contributed by atoms with E-state index in [-0.39, 0.29) is 5.91 Å². The minimum absolute atomic E-state index is 0.225. The molecule has 3 aliphatic rings. The van der Waals surface area contributed by atoms with E-state index in [1.54, 1.807) is 0 Å². The lowest BCUT2D eigenvalue weighted by atomic mass is 9.75. The minimum Gasteiger partial charge on any atom is -0.341 e. The van der Waals surface area contributed by atoms with Crippen molar-refractivity contribution in [3.63, 3.8) is 0 Å². The fourth-order valence-corrected chi connectivity index (χ4v) is 5.24. The summed E-state index contributed by atoms with van der Waals surface area (Å²) in [5, 5.41) is 0. The highest BCUT2D eigenvalue weighted by atomic mass is 16.2. The van der Waals surface area contributed by atoms with Gasteiger partial charge in [-0.15, -0.1) is 0 Å². The Labute approximate surface area is 158 Å². The maximum absolute atomic E-state index is 12.8. The van der Waals surface area contributed by atoms with Gasteiger partial charge in [-0.05, 0) is 67.8 Å². The number of amides is 1. The van der Waals surface area contributed by atoms with Crippen LogP contribution in [-0.2, 0) is 4.79 Å². The summed E-state index contributed by atoms with van der Waals surface area (Å²) in [7, 11) is 0. The Kier molecular flexibility index (Phi) is 4.85. The molecule has 1 heterocycles. The molecule has 1 amide bonds. The maximum Gasteiger partial charge on any atom is 0.242 e. The third-order valence-corrected chi connectivity index (χ3v) is 7.45. The number of likely N-dealkylation sites (tertiary alicyclic amines) is 1. The monoisotopic (exact) mass is 354 g/mol. The van der Waals surface area contributed by atoms with Crippen LogP contribution < -0.4 is 5.73 Å². The molecule has 26 heavy (non-hydrogen) atoms. The van der Waals surface area contributed by atoms with E-state index < -0.39 is 5.54 Å². The summed E-state index contributed by atoms with van der Waals surface area (Å²) < 4.78 is 0. The Balaban J connectivity index is 1.24. The average molecular weight is 355 g/mol. The second-order valence-corrected chi connectivity index (χ2v) is 9.52. The van der Waals surface area contributed by atoms with E-state index in [4.69, 9.17) is 5.73 Å². The topological polar surface area (TPSA) is 46.3 Å². The van der Waals surface area contributed by atoms with Crippen molar-refractivity contribution >= 4 is 5.91 Å². The van der Waals surface area contributed by atoms with E-state index in [0.717, 1.165) is 63.5 Å². The number of piperidine rings is 1. The van der Waals surface area contributed by atoms with Crippen molar-refractivity contribution in [3.05, 3.63) is 35.9 Å². The fourth-order valence-electron chi connectivity index (χ4n) is 5.24. The van der Waals surface area contributed by atoms with Crippen LogP contribution in [0.15, 0.2) is 30.3 Å². The van der Waals surface area contributed by atoms with E-state index in [9.17, 15) is 4.79 Å². The summed E-state index contributed by atoms with van der Waals surface area (Å²) in [5.41, 5.74) is 7.76. The minimum atomic E-state index is -0.551. The SMILES string of the molecule is CC1(CC[C@@H]2CC2c2ccccc2)CCN(C(=O)C2(N)CCCC2)CC1. The predicted molar refractivity (Wildman–Crippen MR) is 106 cm³/mol. The summed E-state index contributed by atoms with van der Waals surface area (Å²) in [6, 6.07) is 11.0. The fraction of sp³-hybridized carbons (Fsp3) is 0.696. The molecule has 1 aromatic rings. The number of nitrogens with two attached hydrogens (primary N) is 1. The van der Waals surface area contributed by atoms with Gasteiger partial charge in [0.2, 0.25) is 5.91 Å². The molecule has 2 saturated carbocycles. The zero-order chi connectivity index (χ0) is 18.2. The first kappa shape index (κ1) is 18.0. The van der Waals surface area contributed by atoms with E-state index in [0.29, 0.717) is 5.41 Å². The molecule has 3 fully saturated rings. The van der Waals surface area contributed by atoms with Gasteiger partial charge >= 0.3 is 0 Å². The lowest BCUT2D eigenvalue weighted by Gasteiger charge is -2.42. The molecule has 4 rings (SSSR count). The third kappa shape index (κ3) is 3.69. The van der Waals surface area contributed by atoms with Gasteiger partial charge in [0.25, 0.3) is 0 Å². The smallest absolute Gasteiger partial charge is 0.242 e. The van der Waals surface area contributed by atoms with Gasteiger partial charge in [-0.1, -0.05) is 50.1 Å².